The smallest absolute Gasteiger partial charge is 0.222 e. The van der Waals surface area contributed by atoms with Crippen molar-refractivity contribution in [3.05, 3.63) is 41.6 Å². The zero-order valence-corrected chi connectivity index (χ0v) is 9.78. The molecule has 0 fully saturated rings. The summed E-state index contributed by atoms with van der Waals surface area (Å²) in [5.74, 6) is 0.656. The van der Waals surface area contributed by atoms with E-state index in [-0.39, 0.29) is 0 Å². The Balaban J connectivity index is 2.59. The number of aryl methyl sites for hydroxylation is 2. The van der Waals surface area contributed by atoms with E-state index >= 15 is 0 Å². The predicted octanol–water partition coefficient (Wildman–Crippen LogP) is 2.80. The third kappa shape index (κ3) is 1.89. The van der Waals surface area contributed by atoms with Gasteiger partial charge in [0.1, 0.15) is 0 Å². The van der Waals surface area contributed by atoms with Crippen LogP contribution < -0.4 is 5.32 Å². The van der Waals surface area contributed by atoms with Crippen LogP contribution in [-0.2, 0) is 0 Å². The zero-order valence-electron chi connectivity index (χ0n) is 9.78. The first-order valence-corrected chi connectivity index (χ1v) is 5.30. The number of aromatic nitrogens is 2. The molecular weight excluding hydrogens is 198 g/mol. The van der Waals surface area contributed by atoms with Gasteiger partial charge in [0.15, 0.2) is 0 Å². The SMILES string of the molecule is CNc1ncc(C)c(-c2ccccc2C)n1. The molecule has 3 nitrogen and oxygen atoms in total. The van der Waals surface area contributed by atoms with E-state index in [0.717, 1.165) is 11.3 Å². The number of nitrogens with one attached hydrogen (secondary N) is 1. The van der Waals surface area contributed by atoms with Crippen molar-refractivity contribution in [3.8, 4) is 11.3 Å². The minimum Gasteiger partial charge on any atom is -0.357 e. The Bertz CT molecular complexity index is 506. The van der Waals surface area contributed by atoms with Crippen LogP contribution in [0.2, 0.25) is 0 Å². The molecule has 0 aliphatic carbocycles. The van der Waals surface area contributed by atoms with Crippen molar-refractivity contribution in [1.82, 2.24) is 9.97 Å². The summed E-state index contributed by atoms with van der Waals surface area (Å²) in [4.78, 5) is 8.69. The fraction of sp³-hybridized carbons (Fsp3) is 0.231. The molecule has 82 valence electrons. The first kappa shape index (κ1) is 10.6. The quantitative estimate of drug-likeness (QED) is 0.833. The first-order chi connectivity index (χ1) is 7.72. The molecule has 2 rings (SSSR count). The first-order valence-electron chi connectivity index (χ1n) is 5.30. The van der Waals surface area contributed by atoms with Crippen LogP contribution in [0.1, 0.15) is 11.1 Å². The number of rotatable bonds is 2. The molecule has 0 atom stereocenters. The van der Waals surface area contributed by atoms with Crippen LogP contribution in [0.5, 0.6) is 0 Å². The van der Waals surface area contributed by atoms with Gasteiger partial charge < -0.3 is 5.32 Å². The molecule has 2 aromatic rings. The number of anilines is 1. The van der Waals surface area contributed by atoms with Crippen LogP contribution in [0.4, 0.5) is 5.95 Å². The van der Waals surface area contributed by atoms with Gasteiger partial charge in [0, 0.05) is 18.8 Å². The van der Waals surface area contributed by atoms with E-state index in [0.29, 0.717) is 5.95 Å². The molecule has 0 radical (unpaired) electrons. The lowest BCUT2D eigenvalue weighted by atomic mass is 10.0. The second-order valence-electron chi connectivity index (χ2n) is 3.79. The highest BCUT2D eigenvalue weighted by Gasteiger charge is 2.07. The molecule has 1 N–H and O–H groups in total. The molecule has 0 unspecified atom stereocenters. The van der Waals surface area contributed by atoms with Gasteiger partial charge in [0.2, 0.25) is 5.95 Å². The van der Waals surface area contributed by atoms with Gasteiger partial charge in [0.05, 0.1) is 5.69 Å². The van der Waals surface area contributed by atoms with Crippen molar-refractivity contribution in [2.45, 2.75) is 13.8 Å². The van der Waals surface area contributed by atoms with E-state index in [1.54, 1.807) is 0 Å². The van der Waals surface area contributed by atoms with Gasteiger partial charge in [-0.2, -0.15) is 0 Å². The average molecular weight is 213 g/mol. The third-order valence-corrected chi connectivity index (χ3v) is 2.60. The third-order valence-electron chi connectivity index (χ3n) is 2.60. The van der Waals surface area contributed by atoms with E-state index in [4.69, 9.17) is 0 Å². The molecule has 1 aromatic carbocycles. The molecule has 1 heterocycles. The van der Waals surface area contributed by atoms with Crippen molar-refractivity contribution in [2.24, 2.45) is 0 Å². The Morgan fingerprint density at radius 2 is 1.81 bits per heavy atom. The summed E-state index contributed by atoms with van der Waals surface area (Å²) >= 11 is 0. The molecule has 0 amide bonds. The van der Waals surface area contributed by atoms with Gasteiger partial charge >= 0.3 is 0 Å². The summed E-state index contributed by atoms with van der Waals surface area (Å²) in [5.41, 5.74) is 4.48. The van der Waals surface area contributed by atoms with Crippen LogP contribution in [-0.4, -0.2) is 17.0 Å². The van der Waals surface area contributed by atoms with Gasteiger partial charge in [-0.1, -0.05) is 24.3 Å². The summed E-state index contributed by atoms with van der Waals surface area (Å²) in [5, 5.41) is 2.96. The van der Waals surface area contributed by atoms with Crippen LogP contribution in [0, 0.1) is 13.8 Å². The molecule has 0 bridgehead atoms. The Kier molecular flexibility index (Phi) is 2.86. The second kappa shape index (κ2) is 4.31. The molecule has 0 aliphatic heterocycles. The minimum absolute atomic E-state index is 0.656. The summed E-state index contributed by atoms with van der Waals surface area (Å²) in [7, 11) is 1.83. The fourth-order valence-corrected chi connectivity index (χ4v) is 1.67. The monoisotopic (exact) mass is 213 g/mol. The number of benzene rings is 1. The Morgan fingerprint density at radius 3 is 2.50 bits per heavy atom. The van der Waals surface area contributed by atoms with Crippen LogP contribution in [0.15, 0.2) is 30.5 Å². The van der Waals surface area contributed by atoms with Crippen molar-refractivity contribution < 1.29 is 0 Å². The fourth-order valence-electron chi connectivity index (χ4n) is 1.67. The molecule has 1 aromatic heterocycles. The van der Waals surface area contributed by atoms with Crippen LogP contribution in [0.25, 0.3) is 11.3 Å². The summed E-state index contributed by atoms with van der Waals surface area (Å²) in [6.45, 7) is 4.12. The molecule has 0 saturated heterocycles. The highest BCUT2D eigenvalue weighted by atomic mass is 15.1. The van der Waals surface area contributed by atoms with Crippen LogP contribution in [0.3, 0.4) is 0 Å². The van der Waals surface area contributed by atoms with Crippen molar-refractivity contribution >= 4 is 5.95 Å². The number of nitrogens with zero attached hydrogens (tertiary/aromatic N) is 2. The normalized spacial score (nSPS) is 10.2. The lowest BCUT2D eigenvalue weighted by molar-refractivity contribution is 1.12. The van der Waals surface area contributed by atoms with Gasteiger partial charge in [-0.15, -0.1) is 0 Å². The Morgan fingerprint density at radius 1 is 1.06 bits per heavy atom. The van der Waals surface area contributed by atoms with E-state index in [2.05, 4.69) is 34.3 Å². The Hall–Kier alpha value is -1.90. The maximum Gasteiger partial charge on any atom is 0.222 e. The van der Waals surface area contributed by atoms with E-state index in [1.807, 2.05) is 32.3 Å². The lowest BCUT2D eigenvalue weighted by Gasteiger charge is -2.09. The second-order valence-corrected chi connectivity index (χ2v) is 3.79. The van der Waals surface area contributed by atoms with Gasteiger partial charge in [-0.3, -0.25) is 0 Å². The highest BCUT2D eigenvalue weighted by molar-refractivity contribution is 5.67. The van der Waals surface area contributed by atoms with Gasteiger partial charge in [-0.05, 0) is 25.0 Å². The zero-order chi connectivity index (χ0) is 11.5. The van der Waals surface area contributed by atoms with E-state index in [9.17, 15) is 0 Å². The average Bonchev–Trinajstić information content (AvgIpc) is 2.31. The number of hydrogen-bond acceptors (Lipinski definition) is 3. The minimum atomic E-state index is 0.656. The summed E-state index contributed by atoms with van der Waals surface area (Å²) in [6, 6.07) is 8.25. The van der Waals surface area contributed by atoms with Crippen molar-refractivity contribution in [3.63, 3.8) is 0 Å². The van der Waals surface area contributed by atoms with Gasteiger partial charge in [0.25, 0.3) is 0 Å². The Labute approximate surface area is 95.6 Å². The molecule has 3 heteroatoms. The van der Waals surface area contributed by atoms with E-state index < -0.39 is 0 Å². The molecule has 0 spiro atoms. The van der Waals surface area contributed by atoms with Crippen molar-refractivity contribution in [1.29, 1.82) is 0 Å². The molecule has 0 saturated carbocycles. The predicted molar refractivity (Wildman–Crippen MR) is 66.5 cm³/mol. The maximum atomic E-state index is 4.50. The van der Waals surface area contributed by atoms with Crippen molar-refractivity contribution in [2.75, 3.05) is 12.4 Å². The molecule has 16 heavy (non-hydrogen) atoms. The summed E-state index contributed by atoms with van der Waals surface area (Å²) < 4.78 is 0. The topological polar surface area (TPSA) is 37.8 Å². The standard InChI is InChI=1S/C13H15N3/c1-9-6-4-5-7-11(9)12-10(2)8-15-13(14-3)16-12/h4-8H,1-3H3,(H,14,15,16). The molecule has 0 aliphatic rings. The lowest BCUT2D eigenvalue weighted by Crippen LogP contribution is -1.99. The number of hydrogen-bond donors (Lipinski definition) is 1. The van der Waals surface area contributed by atoms with Crippen LogP contribution >= 0.6 is 0 Å². The maximum absolute atomic E-state index is 4.50. The highest BCUT2D eigenvalue weighted by Crippen LogP contribution is 2.24. The summed E-state index contributed by atoms with van der Waals surface area (Å²) in [6.07, 6.45) is 1.85. The molecular formula is C13H15N3. The largest absolute Gasteiger partial charge is 0.357 e. The van der Waals surface area contributed by atoms with Gasteiger partial charge in [-0.25, -0.2) is 9.97 Å². The van der Waals surface area contributed by atoms with E-state index in [1.165, 1.54) is 11.1 Å².